The summed E-state index contributed by atoms with van der Waals surface area (Å²) in [6.07, 6.45) is -0.254. The Morgan fingerprint density at radius 3 is 2.20 bits per heavy atom. The lowest BCUT2D eigenvalue weighted by Crippen LogP contribution is -2.50. The Kier molecular flexibility index (Phi) is 8.06. The predicted octanol–water partition coefficient (Wildman–Crippen LogP) is 0.0913. The molecule has 0 aromatic rings. The monoisotopic (exact) mass is 287 g/mol. The molecular formula is C14H29N3O3. The summed E-state index contributed by atoms with van der Waals surface area (Å²) >= 11 is 0. The fourth-order valence-corrected chi connectivity index (χ4v) is 2.23. The molecular weight excluding hydrogens is 258 g/mol. The average Bonchev–Trinajstić information content (AvgIpc) is 2.39. The number of piperazine rings is 1. The number of carbonyl (C=O) groups is 1. The van der Waals surface area contributed by atoms with E-state index in [0.29, 0.717) is 26.3 Å². The summed E-state index contributed by atoms with van der Waals surface area (Å²) in [6.45, 7) is 9.71. The van der Waals surface area contributed by atoms with Crippen molar-refractivity contribution in [3.05, 3.63) is 0 Å². The SMILES string of the molecule is CCOC(CN(C)CC(=O)N1CCN(C)CC1)OCC. The van der Waals surface area contributed by atoms with Gasteiger partial charge < -0.3 is 19.3 Å². The van der Waals surface area contributed by atoms with Gasteiger partial charge in [0.1, 0.15) is 0 Å². The van der Waals surface area contributed by atoms with Gasteiger partial charge >= 0.3 is 0 Å². The molecule has 0 aromatic carbocycles. The molecule has 0 radical (unpaired) electrons. The van der Waals surface area contributed by atoms with E-state index >= 15 is 0 Å². The minimum absolute atomic E-state index is 0.187. The van der Waals surface area contributed by atoms with Crippen molar-refractivity contribution in [1.82, 2.24) is 14.7 Å². The van der Waals surface area contributed by atoms with Crippen LogP contribution in [0.4, 0.5) is 0 Å². The van der Waals surface area contributed by atoms with Crippen LogP contribution in [-0.2, 0) is 14.3 Å². The van der Waals surface area contributed by atoms with Crippen LogP contribution < -0.4 is 0 Å². The third-order valence-electron chi connectivity index (χ3n) is 3.43. The van der Waals surface area contributed by atoms with Crippen LogP contribution >= 0.6 is 0 Å². The summed E-state index contributed by atoms with van der Waals surface area (Å²) in [4.78, 5) is 18.3. The van der Waals surface area contributed by atoms with Gasteiger partial charge in [0, 0.05) is 45.9 Å². The number of likely N-dealkylation sites (N-methyl/N-ethyl adjacent to an activating group) is 2. The second-order valence-electron chi connectivity index (χ2n) is 5.22. The van der Waals surface area contributed by atoms with Crippen LogP contribution in [0.25, 0.3) is 0 Å². The molecule has 0 aliphatic carbocycles. The summed E-state index contributed by atoms with van der Waals surface area (Å²) in [5, 5.41) is 0. The lowest BCUT2D eigenvalue weighted by molar-refractivity contribution is -0.149. The van der Waals surface area contributed by atoms with Crippen molar-refractivity contribution in [3.63, 3.8) is 0 Å². The Morgan fingerprint density at radius 1 is 1.15 bits per heavy atom. The normalized spacial score (nSPS) is 17.2. The van der Waals surface area contributed by atoms with Crippen molar-refractivity contribution in [1.29, 1.82) is 0 Å². The molecule has 1 rings (SSSR count). The quantitative estimate of drug-likeness (QED) is 0.592. The summed E-state index contributed by atoms with van der Waals surface area (Å²) < 4.78 is 11.0. The van der Waals surface area contributed by atoms with Gasteiger partial charge in [-0.2, -0.15) is 0 Å². The van der Waals surface area contributed by atoms with Crippen molar-refractivity contribution in [3.8, 4) is 0 Å². The third kappa shape index (κ3) is 6.17. The average molecular weight is 287 g/mol. The molecule has 1 aliphatic heterocycles. The topological polar surface area (TPSA) is 45.2 Å². The molecule has 0 unspecified atom stereocenters. The maximum atomic E-state index is 12.2. The Hall–Kier alpha value is -0.690. The second kappa shape index (κ2) is 9.28. The molecule has 1 fully saturated rings. The smallest absolute Gasteiger partial charge is 0.236 e. The molecule has 1 saturated heterocycles. The Bertz CT molecular complexity index is 275. The fraction of sp³-hybridized carbons (Fsp3) is 0.929. The summed E-state index contributed by atoms with van der Waals surface area (Å²) in [5.74, 6) is 0.187. The lowest BCUT2D eigenvalue weighted by atomic mass is 10.3. The van der Waals surface area contributed by atoms with Gasteiger partial charge in [0.25, 0.3) is 0 Å². The summed E-state index contributed by atoms with van der Waals surface area (Å²) in [5.41, 5.74) is 0. The standard InChI is InChI=1S/C14H29N3O3/c1-5-19-14(20-6-2)12-16(4)11-13(18)17-9-7-15(3)8-10-17/h14H,5-12H2,1-4H3. The first kappa shape index (κ1) is 17.4. The Labute approximate surface area is 122 Å². The Morgan fingerprint density at radius 2 is 1.70 bits per heavy atom. The highest BCUT2D eigenvalue weighted by atomic mass is 16.7. The van der Waals surface area contributed by atoms with Crippen molar-refractivity contribution < 1.29 is 14.3 Å². The van der Waals surface area contributed by atoms with Crippen LogP contribution in [-0.4, -0.2) is 93.5 Å². The zero-order chi connectivity index (χ0) is 15.0. The molecule has 0 bridgehead atoms. The molecule has 0 saturated carbocycles. The molecule has 0 aromatic heterocycles. The van der Waals surface area contributed by atoms with E-state index in [-0.39, 0.29) is 12.2 Å². The number of hydrogen-bond donors (Lipinski definition) is 0. The molecule has 1 amide bonds. The molecule has 0 spiro atoms. The van der Waals surface area contributed by atoms with Gasteiger partial charge in [0.2, 0.25) is 5.91 Å². The van der Waals surface area contributed by atoms with Crippen molar-refractivity contribution in [2.45, 2.75) is 20.1 Å². The van der Waals surface area contributed by atoms with Gasteiger partial charge in [0.15, 0.2) is 6.29 Å². The van der Waals surface area contributed by atoms with Crippen LogP contribution in [0.1, 0.15) is 13.8 Å². The van der Waals surface area contributed by atoms with Crippen molar-refractivity contribution >= 4 is 5.91 Å². The number of ether oxygens (including phenoxy) is 2. The van der Waals surface area contributed by atoms with Gasteiger partial charge in [-0.15, -0.1) is 0 Å². The van der Waals surface area contributed by atoms with E-state index in [4.69, 9.17) is 9.47 Å². The molecule has 118 valence electrons. The van der Waals surface area contributed by atoms with E-state index in [2.05, 4.69) is 11.9 Å². The number of amides is 1. The summed E-state index contributed by atoms with van der Waals surface area (Å²) in [7, 11) is 4.02. The second-order valence-corrected chi connectivity index (χ2v) is 5.22. The lowest BCUT2D eigenvalue weighted by Gasteiger charge is -2.33. The molecule has 1 aliphatic rings. The van der Waals surface area contributed by atoms with Gasteiger partial charge in [-0.3, -0.25) is 9.69 Å². The first-order chi connectivity index (χ1) is 9.56. The van der Waals surface area contributed by atoms with Crippen LogP contribution in [0.3, 0.4) is 0 Å². The predicted molar refractivity (Wildman–Crippen MR) is 78.6 cm³/mol. The van der Waals surface area contributed by atoms with E-state index in [0.717, 1.165) is 26.2 Å². The van der Waals surface area contributed by atoms with Crippen LogP contribution in [0, 0.1) is 0 Å². The molecule has 1 heterocycles. The van der Waals surface area contributed by atoms with Crippen LogP contribution in [0.5, 0.6) is 0 Å². The zero-order valence-electron chi connectivity index (χ0n) is 13.3. The molecule has 6 nitrogen and oxygen atoms in total. The number of rotatable bonds is 8. The first-order valence-corrected chi connectivity index (χ1v) is 7.44. The number of nitrogens with zero attached hydrogens (tertiary/aromatic N) is 3. The number of carbonyl (C=O) groups excluding carboxylic acids is 1. The van der Waals surface area contributed by atoms with Gasteiger partial charge in [-0.1, -0.05) is 0 Å². The highest BCUT2D eigenvalue weighted by Crippen LogP contribution is 2.02. The van der Waals surface area contributed by atoms with Crippen molar-refractivity contribution in [2.75, 3.05) is 66.6 Å². The van der Waals surface area contributed by atoms with E-state index in [1.165, 1.54) is 0 Å². The third-order valence-corrected chi connectivity index (χ3v) is 3.43. The Balaban J connectivity index is 2.32. The molecule has 20 heavy (non-hydrogen) atoms. The molecule has 6 heteroatoms. The highest BCUT2D eigenvalue weighted by Gasteiger charge is 2.21. The minimum atomic E-state index is -0.254. The zero-order valence-corrected chi connectivity index (χ0v) is 13.3. The van der Waals surface area contributed by atoms with Crippen LogP contribution in [0.15, 0.2) is 0 Å². The first-order valence-electron chi connectivity index (χ1n) is 7.44. The highest BCUT2D eigenvalue weighted by molar-refractivity contribution is 5.78. The van der Waals surface area contributed by atoms with E-state index in [1.54, 1.807) is 0 Å². The van der Waals surface area contributed by atoms with Crippen LogP contribution in [0.2, 0.25) is 0 Å². The molecule has 0 atom stereocenters. The molecule has 0 N–H and O–H groups in total. The van der Waals surface area contributed by atoms with E-state index in [1.807, 2.05) is 30.7 Å². The summed E-state index contributed by atoms with van der Waals surface area (Å²) in [6, 6.07) is 0. The van der Waals surface area contributed by atoms with Gasteiger partial charge in [0.05, 0.1) is 6.54 Å². The maximum absolute atomic E-state index is 12.2. The maximum Gasteiger partial charge on any atom is 0.236 e. The van der Waals surface area contributed by atoms with Crippen molar-refractivity contribution in [2.24, 2.45) is 0 Å². The minimum Gasteiger partial charge on any atom is -0.352 e. The van der Waals surface area contributed by atoms with Gasteiger partial charge in [-0.25, -0.2) is 0 Å². The fourth-order valence-electron chi connectivity index (χ4n) is 2.23. The number of hydrogen-bond acceptors (Lipinski definition) is 5. The largest absolute Gasteiger partial charge is 0.352 e. The van der Waals surface area contributed by atoms with E-state index in [9.17, 15) is 4.79 Å². The van der Waals surface area contributed by atoms with E-state index < -0.39 is 0 Å². The van der Waals surface area contributed by atoms with Gasteiger partial charge in [-0.05, 0) is 27.9 Å².